The van der Waals surface area contributed by atoms with E-state index >= 15 is 0 Å². The number of nitrogens with zero attached hydrogens (tertiary/aromatic N) is 1. The smallest absolute Gasteiger partial charge is 0.414 e. The van der Waals surface area contributed by atoms with Gasteiger partial charge in [0, 0.05) is 9.86 Å². The Hall–Kier alpha value is -2.06. The van der Waals surface area contributed by atoms with E-state index in [1.807, 2.05) is 19.1 Å². The maximum atomic E-state index is 12.9. The molecule has 0 bridgehead atoms. The van der Waals surface area contributed by atoms with Crippen molar-refractivity contribution in [1.82, 2.24) is 0 Å². The molecule has 0 spiro atoms. The fourth-order valence-electron chi connectivity index (χ4n) is 3.40. The highest BCUT2D eigenvalue weighted by Gasteiger charge is 2.39. The normalized spacial score (nSPS) is 19.0. The Morgan fingerprint density at radius 3 is 2.61 bits per heavy atom. The van der Waals surface area contributed by atoms with Gasteiger partial charge >= 0.3 is 12.1 Å². The molecule has 1 aromatic carbocycles. The van der Waals surface area contributed by atoms with Crippen LogP contribution in [0.4, 0.5) is 10.5 Å². The topological polar surface area (TPSA) is 78.2 Å². The van der Waals surface area contributed by atoms with E-state index in [2.05, 4.69) is 15.9 Å². The lowest BCUT2D eigenvalue weighted by atomic mass is 10.1. The number of benzene rings is 1. The first-order chi connectivity index (χ1) is 13.5. The van der Waals surface area contributed by atoms with Crippen LogP contribution in [0.25, 0.3) is 11.0 Å². The molecule has 152 valence electrons. The van der Waals surface area contributed by atoms with Crippen LogP contribution in [0.3, 0.4) is 0 Å². The number of carbonyl (C=O) groups is 2. The van der Waals surface area contributed by atoms with Gasteiger partial charge in [-0.15, -0.1) is 0 Å². The molecule has 3 rings (SSSR count). The molecular formula is C20H24BrNO6. The van der Waals surface area contributed by atoms with Gasteiger partial charge < -0.3 is 18.6 Å². The summed E-state index contributed by atoms with van der Waals surface area (Å²) in [5.74, 6) is -0.631. The minimum absolute atomic E-state index is 0.0112. The molecular weight excluding hydrogens is 430 g/mol. The summed E-state index contributed by atoms with van der Waals surface area (Å²) < 4.78 is 22.9. The van der Waals surface area contributed by atoms with Crippen molar-refractivity contribution in [3.63, 3.8) is 0 Å². The fraction of sp³-hybridized carbons (Fsp3) is 0.500. The van der Waals surface area contributed by atoms with Gasteiger partial charge in [-0.1, -0.05) is 22.9 Å². The van der Waals surface area contributed by atoms with Crippen molar-refractivity contribution in [1.29, 1.82) is 0 Å². The lowest BCUT2D eigenvalue weighted by Crippen LogP contribution is -2.42. The molecule has 2 atom stereocenters. The number of halogens is 1. The fourth-order valence-corrected chi connectivity index (χ4v) is 3.76. The van der Waals surface area contributed by atoms with E-state index in [-0.39, 0.29) is 31.1 Å². The Bertz CT molecular complexity index is 864. The van der Waals surface area contributed by atoms with Crippen LogP contribution in [-0.4, -0.2) is 44.0 Å². The number of fused-ring (bicyclic) bond motifs is 1. The number of hydrogen-bond acceptors (Lipinski definition) is 6. The van der Waals surface area contributed by atoms with Gasteiger partial charge in [-0.05, 0) is 44.9 Å². The number of carbonyl (C=O) groups excluding carboxylic acids is 2. The molecule has 1 aliphatic rings. The van der Waals surface area contributed by atoms with Gasteiger partial charge in [-0.2, -0.15) is 0 Å². The van der Waals surface area contributed by atoms with E-state index in [1.54, 1.807) is 19.9 Å². The average molecular weight is 454 g/mol. The molecule has 2 heterocycles. The lowest BCUT2D eigenvalue weighted by molar-refractivity contribution is 0.0493. The zero-order valence-electron chi connectivity index (χ0n) is 16.2. The van der Waals surface area contributed by atoms with Crippen LogP contribution in [0, 0.1) is 0 Å². The zero-order chi connectivity index (χ0) is 20.3. The predicted molar refractivity (Wildman–Crippen MR) is 108 cm³/mol. The molecule has 1 fully saturated rings. The Morgan fingerprint density at radius 2 is 1.96 bits per heavy atom. The second-order valence-corrected chi connectivity index (χ2v) is 7.38. The highest BCUT2D eigenvalue weighted by Crippen LogP contribution is 2.39. The summed E-state index contributed by atoms with van der Waals surface area (Å²) in [7, 11) is 0. The van der Waals surface area contributed by atoms with E-state index in [0.29, 0.717) is 29.7 Å². The molecule has 0 aliphatic carbocycles. The summed E-state index contributed by atoms with van der Waals surface area (Å²) in [6, 6.07) is 5.10. The first kappa shape index (κ1) is 20.7. The number of esters is 1. The van der Waals surface area contributed by atoms with Gasteiger partial charge in [-0.3, -0.25) is 4.90 Å². The summed E-state index contributed by atoms with van der Waals surface area (Å²) in [5.41, 5.74) is 0.847. The van der Waals surface area contributed by atoms with Gasteiger partial charge in [0.05, 0.1) is 32.0 Å². The first-order valence-corrected chi connectivity index (χ1v) is 10.3. The van der Waals surface area contributed by atoms with Gasteiger partial charge in [-0.25, -0.2) is 9.59 Å². The van der Waals surface area contributed by atoms with E-state index in [9.17, 15) is 9.59 Å². The minimum atomic E-state index is -0.620. The van der Waals surface area contributed by atoms with Crippen LogP contribution >= 0.6 is 15.9 Å². The van der Waals surface area contributed by atoms with E-state index in [4.69, 9.17) is 18.6 Å². The molecule has 1 aliphatic heterocycles. The third-order valence-electron chi connectivity index (χ3n) is 4.67. The van der Waals surface area contributed by atoms with Crippen LogP contribution in [0.15, 0.2) is 27.1 Å². The summed E-state index contributed by atoms with van der Waals surface area (Å²) in [6.07, 6.45) is 1.01. The quantitative estimate of drug-likeness (QED) is 0.578. The van der Waals surface area contributed by atoms with Crippen molar-refractivity contribution in [2.75, 3.05) is 24.7 Å². The molecule has 2 unspecified atom stereocenters. The van der Waals surface area contributed by atoms with Crippen LogP contribution in [0.2, 0.25) is 0 Å². The highest BCUT2D eigenvalue weighted by atomic mass is 79.9. The van der Waals surface area contributed by atoms with Crippen molar-refractivity contribution >= 4 is 44.6 Å². The van der Waals surface area contributed by atoms with Gasteiger partial charge in [0.1, 0.15) is 11.3 Å². The molecule has 1 saturated heterocycles. The highest BCUT2D eigenvalue weighted by molar-refractivity contribution is 9.10. The van der Waals surface area contributed by atoms with Crippen molar-refractivity contribution in [3.05, 3.63) is 28.4 Å². The van der Waals surface area contributed by atoms with Crippen LogP contribution in [0.5, 0.6) is 0 Å². The van der Waals surface area contributed by atoms with Crippen molar-refractivity contribution < 1.29 is 28.2 Å². The van der Waals surface area contributed by atoms with E-state index in [1.165, 1.54) is 4.90 Å². The summed E-state index contributed by atoms with van der Waals surface area (Å²) in [4.78, 5) is 27.0. The van der Waals surface area contributed by atoms with Crippen molar-refractivity contribution in [2.24, 2.45) is 0 Å². The molecule has 28 heavy (non-hydrogen) atoms. The molecule has 0 saturated carbocycles. The van der Waals surface area contributed by atoms with Crippen molar-refractivity contribution in [3.8, 4) is 0 Å². The number of amides is 1. The summed E-state index contributed by atoms with van der Waals surface area (Å²) in [6.45, 7) is 6.27. The maximum absolute atomic E-state index is 12.9. The molecule has 0 radical (unpaired) electrons. The van der Waals surface area contributed by atoms with Crippen LogP contribution < -0.4 is 4.90 Å². The third-order valence-corrected chi connectivity index (χ3v) is 5.16. The number of rotatable bonds is 6. The first-order valence-electron chi connectivity index (χ1n) is 9.46. The summed E-state index contributed by atoms with van der Waals surface area (Å²) in [5, 5.41) is 0.630. The second kappa shape index (κ2) is 8.96. The standard InChI is InChI=1S/C20H24BrNO6/c1-4-14-10-13(11-27-14)22(20(24)26-6-3)17-15-9-12(21)7-8-16(15)28-18(17)19(23)25-5-2/h7-9,13-14H,4-6,10-11H2,1-3H3. The maximum Gasteiger partial charge on any atom is 0.414 e. The number of hydrogen-bond donors (Lipinski definition) is 0. The van der Waals surface area contributed by atoms with E-state index < -0.39 is 12.1 Å². The van der Waals surface area contributed by atoms with Crippen LogP contribution in [0.1, 0.15) is 44.2 Å². The van der Waals surface area contributed by atoms with Gasteiger partial charge in [0.15, 0.2) is 0 Å². The Labute approximate surface area is 172 Å². The monoisotopic (exact) mass is 453 g/mol. The molecule has 8 heteroatoms. The Kier molecular flexibility index (Phi) is 6.61. The second-order valence-electron chi connectivity index (χ2n) is 6.46. The minimum Gasteiger partial charge on any atom is -0.460 e. The molecule has 2 aromatic rings. The lowest BCUT2D eigenvalue weighted by Gasteiger charge is -2.27. The number of ether oxygens (including phenoxy) is 3. The average Bonchev–Trinajstić information content (AvgIpc) is 3.28. The molecule has 7 nitrogen and oxygen atoms in total. The zero-order valence-corrected chi connectivity index (χ0v) is 17.8. The Morgan fingerprint density at radius 1 is 1.21 bits per heavy atom. The largest absolute Gasteiger partial charge is 0.460 e. The van der Waals surface area contributed by atoms with Crippen LogP contribution in [-0.2, 0) is 14.2 Å². The van der Waals surface area contributed by atoms with E-state index in [0.717, 1.165) is 10.9 Å². The molecule has 1 aromatic heterocycles. The Balaban J connectivity index is 2.16. The number of anilines is 1. The van der Waals surface area contributed by atoms with Gasteiger partial charge in [0.2, 0.25) is 5.76 Å². The summed E-state index contributed by atoms with van der Waals surface area (Å²) >= 11 is 3.45. The SMILES string of the molecule is CCOC(=O)c1oc2ccc(Br)cc2c1N(C(=O)OCC)C1COC(CC)C1. The predicted octanol–water partition coefficient (Wildman–Crippen LogP) is 4.90. The number of furan rings is 1. The molecule has 1 amide bonds. The molecule has 0 N–H and O–H groups in total. The van der Waals surface area contributed by atoms with Crippen molar-refractivity contribution in [2.45, 2.75) is 45.8 Å². The third kappa shape index (κ3) is 4.03. The van der Waals surface area contributed by atoms with Gasteiger partial charge in [0.25, 0.3) is 0 Å².